The van der Waals surface area contributed by atoms with E-state index in [2.05, 4.69) is 19.2 Å². The molecule has 0 saturated heterocycles. The van der Waals surface area contributed by atoms with Crippen LogP contribution in [0.1, 0.15) is 65.2 Å². The topological polar surface area (TPSA) is 55.1 Å². The minimum absolute atomic E-state index is 0.142. The average molecular weight is 254 g/mol. The van der Waals surface area contributed by atoms with Crippen LogP contribution in [-0.4, -0.2) is 18.5 Å². The molecule has 2 atom stereocenters. The molecule has 1 rings (SSSR count). The van der Waals surface area contributed by atoms with Crippen LogP contribution in [0.25, 0.3) is 0 Å². The number of carbonyl (C=O) groups excluding carboxylic acids is 1. The maximum absolute atomic E-state index is 12.1. The first kappa shape index (κ1) is 15.5. The van der Waals surface area contributed by atoms with Crippen molar-refractivity contribution in [2.75, 3.05) is 6.54 Å². The summed E-state index contributed by atoms with van der Waals surface area (Å²) in [5.74, 6) is 1.12. The molecule has 0 aromatic heterocycles. The van der Waals surface area contributed by atoms with Crippen molar-refractivity contribution >= 4 is 5.91 Å². The molecular weight excluding hydrogens is 224 g/mol. The number of carbonyl (C=O) groups is 1. The van der Waals surface area contributed by atoms with Crippen LogP contribution in [-0.2, 0) is 4.79 Å². The number of rotatable bonds is 8. The Bertz CT molecular complexity index is 237. The highest BCUT2D eigenvalue weighted by Crippen LogP contribution is 2.30. The van der Waals surface area contributed by atoms with Crippen molar-refractivity contribution in [1.29, 1.82) is 0 Å². The summed E-state index contributed by atoms with van der Waals surface area (Å²) in [6, 6.07) is 0.170. The van der Waals surface area contributed by atoms with Gasteiger partial charge in [-0.2, -0.15) is 0 Å². The molecule has 1 aliphatic carbocycles. The number of nitrogens with one attached hydrogen (secondary N) is 1. The molecule has 1 fully saturated rings. The molecule has 0 radical (unpaired) electrons. The quantitative estimate of drug-likeness (QED) is 0.700. The zero-order valence-electron chi connectivity index (χ0n) is 12.1. The Morgan fingerprint density at radius 1 is 1.39 bits per heavy atom. The van der Waals surface area contributed by atoms with Gasteiger partial charge in [0, 0.05) is 18.5 Å². The van der Waals surface area contributed by atoms with Crippen LogP contribution in [0, 0.1) is 11.8 Å². The molecule has 0 bridgehead atoms. The van der Waals surface area contributed by atoms with Crippen molar-refractivity contribution in [2.45, 2.75) is 71.3 Å². The first-order valence-electron chi connectivity index (χ1n) is 7.67. The molecule has 0 spiro atoms. The van der Waals surface area contributed by atoms with E-state index in [-0.39, 0.29) is 17.9 Å². The van der Waals surface area contributed by atoms with Crippen molar-refractivity contribution in [3.05, 3.63) is 0 Å². The van der Waals surface area contributed by atoms with Gasteiger partial charge in [-0.05, 0) is 18.8 Å². The van der Waals surface area contributed by atoms with E-state index in [1.165, 1.54) is 25.7 Å². The summed E-state index contributed by atoms with van der Waals surface area (Å²) in [5.41, 5.74) is 5.71. The summed E-state index contributed by atoms with van der Waals surface area (Å²) in [6.45, 7) is 4.78. The Morgan fingerprint density at radius 3 is 2.61 bits per heavy atom. The van der Waals surface area contributed by atoms with Gasteiger partial charge in [0.2, 0.25) is 5.91 Å². The lowest BCUT2D eigenvalue weighted by atomic mass is 9.93. The largest absolute Gasteiger partial charge is 0.352 e. The SMILES string of the molecule is CCCCC(CN)NC(=O)C(C)CC1CCCC1. The predicted octanol–water partition coefficient (Wildman–Crippen LogP) is 2.84. The Balaban J connectivity index is 2.28. The second kappa shape index (κ2) is 8.52. The summed E-state index contributed by atoms with van der Waals surface area (Å²) in [6.07, 6.45) is 9.68. The lowest BCUT2D eigenvalue weighted by molar-refractivity contribution is -0.125. The van der Waals surface area contributed by atoms with E-state index in [4.69, 9.17) is 5.73 Å². The fraction of sp³-hybridized carbons (Fsp3) is 0.933. The molecule has 3 N–H and O–H groups in total. The summed E-state index contributed by atoms with van der Waals surface area (Å²) in [5, 5.41) is 3.11. The van der Waals surface area contributed by atoms with Gasteiger partial charge in [0.15, 0.2) is 0 Å². The van der Waals surface area contributed by atoms with E-state index in [1.807, 2.05) is 0 Å². The van der Waals surface area contributed by atoms with E-state index < -0.39 is 0 Å². The molecule has 3 nitrogen and oxygen atoms in total. The molecule has 2 unspecified atom stereocenters. The van der Waals surface area contributed by atoms with E-state index in [1.54, 1.807) is 0 Å². The predicted molar refractivity (Wildman–Crippen MR) is 76.2 cm³/mol. The zero-order valence-corrected chi connectivity index (χ0v) is 12.1. The molecule has 1 amide bonds. The molecule has 0 heterocycles. The highest BCUT2D eigenvalue weighted by molar-refractivity contribution is 5.78. The highest BCUT2D eigenvalue weighted by atomic mass is 16.1. The monoisotopic (exact) mass is 254 g/mol. The van der Waals surface area contributed by atoms with Gasteiger partial charge in [0.25, 0.3) is 0 Å². The van der Waals surface area contributed by atoms with Gasteiger partial charge in [-0.1, -0.05) is 52.4 Å². The van der Waals surface area contributed by atoms with Crippen LogP contribution >= 0.6 is 0 Å². The van der Waals surface area contributed by atoms with Crippen LogP contribution in [0.5, 0.6) is 0 Å². The lowest BCUT2D eigenvalue weighted by Crippen LogP contribution is -2.42. The zero-order chi connectivity index (χ0) is 13.4. The van der Waals surface area contributed by atoms with Gasteiger partial charge >= 0.3 is 0 Å². The van der Waals surface area contributed by atoms with Gasteiger partial charge in [0.1, 0.15) is 0 Å². The van der Waals surface area contributed by atoms with E-state index >= 15 is 0 Å². The third-order valence-electron chi connectivity index (χ3n) is 4.15. The number of unbranched alkanes of at least 4 members (excludes halogenated alkanes) is 1. The minimum Gasteiger partial charge on any atom is -0.352 e. The standard InChI is InChI=1S/C15H30N2O/c1-3-4-9-14(11-16)17-15(18)12(2)10-13-7-5-6-8-13/h12-14H,3-11,16H2,1-2H3,(H,17,18). The summed E-state index contributed by atoms with van der Waals surface area (Å²) in [7, 11) is 0. The second-order valence-corrected chi connectivity index (χ2v) is 5.87. The fourth-order valence-electron chi connectivity index (χ4n) is 2.90. The normalized spacial score (nSPS) is 19.7. The summed E-state index contributed by atoms with van der Waals surface area (Å²) in [4.78, 5) is 12.1. The highest BCUT2D eigenvalue weighted by Gasteiger charge is 2.22. The molecular formula is C15H30N2O. The van der Waals surface area contributed by atoms with Crippen molar-refractivity contribution < 1.29 is 4.79 Å². The van der Waals surface area contributed by atoms with Crippen molar-refractivity contribution in [2.24, 2.45) is 17.6 Å². The Morgan fingerprint density at radius 2 is 2.06 bits per heavy atom. The molecule has 106 valence electrons. The van der Waals surface area contributed by atoms with Crippen LogP contribution in [0.15, 0.2) is 0 Å². The summed E-state index contributed by atoms with van der Waals surface area (Å²) < 4.78 is 0. The van der Waals surface area contributed by atoms with Crippen molar-refractivity contribution in [3.63, 3.8) is 0 Å². The van der Waals surface area contributed by atoms with E-state index in [0.29, 0.717) is 6.54 Å². The van der Waals surface area contributed by atoms with Gasteiger partial charge in [0.05, 0.1) is 0 Å². The van der Waals surface area contributed by atoms with Crippen LogP contribution in [0.3, 0.4) is 0 Å². The van der Waals surface area contributed by atoms with Gasteiger partial charge in [-0.25, -0.2) is 0 Å². The first-order chi connectivity index (χ1) is 8.67. The third-order valence-corrected chi connectivity index (χ3v) is 4.15. The molecule has 18 heavy (non-hydrogen) atoms. The Kier molecular flexibility index (Phi) is 7.33. The maximum Gasteiger partial charge on any atom is 0.223 e. The number of hydrogen-bond donors (Lipinski definition) is 2. The third kappa shape index (κ3) is 5.38. The van der Waals surface area contributed by atoms with E-state index in [9.17, 15) is 4.79 Å². The van der Waals surface area contributed by atoms with Gasteiger partial charge in [-0.3, -0.25) is 4.79 Å². The van der Waals surface area contributed by atoms with Crippen LogP contribution in [0.2, 0.25) is 0 Å². The van der Waals surface area contributed by atoms with Crippen LogP contribution < -0.4 is 11.1 Å². The van der Waals surface area contributed by atoms with Crippen LogP contribution in [0.4, 0.5) is 0 Å². The average Bonchev–Trinajstić information content (AvgIpc) is 2.86. The van der Waals surface area contributed by atoms with Crippen molar-refractivity contribution in [1.82, 2.24) is 5.32 Å². The number of nitrogens with two attached hydrogens (primary N) is 1. The molecule has 0 aromatic rings. The molecule has 0 aromatic carbocycles. The molecule has 1 saturated carbocycles. The Labute approximate surface area is 112 Å². The van der Waals surface area contributed by atoms with Gasteiger partial charge in [-0.15, -0.1) is 0 Å². The van der Waals surface area contributed by atoms with E-state index in [0.717, 1.165) is 31.6 Å². The minimum atomic E-state index is 0.142. The molecule has 3 heteroatoms. The number of amides is 1. The Hall–Kier alpha value is -0.570. The molecule has 0 aliphatic heterocycles. The van der Waals surface area contributed by atoms with Crippen molar-refractivity contribution in [3.8, 4) is 0 Å². The second-order valence-electron chi connectivity index (χ2n) is 5.87. The van der Waals surface area contributed by atoms with Gasteiger partial charge < -0.3 is 11.1 Å². The smallest absolute Gasteiger partial charge is 0.223 e. The maximum atomic E-state index is 12.1. The lowest BCUT2D eigenvalue weighted by Gasteiger charge is -2.21. The first-order valence-corrected chi connectivity index (χ1v) is 7.67. The molecule has 1 aliphatic rings. The fourth-order valence-corrected chi connectivity index (χ4v) is 2.90. The number of hydrogen-bond acceptors (Lipinski definition) is 2. The summed E-state index contributed by atoms with van der Waals surface area (Å²) >= 11 is 0.